The first-order valence-corrected chi connectivity index (χ1v) is 3.38. The van der Waals surface area contributed by atoms with Crippen molar-refractivity contribution in [3.8, 4) is 11.4 Å². The number of tetrazole rings is 1. The maximum Gasteiger partial charge on any atom is 0.162 e. The molecular formula is C7H6N4O. The fourth-order valence-corrected chi connectivity index (χ4v) is 0.871. The van der Waals surface area contributed by atoms with E-state index in [1.54, 1.807) is 24.3 Å². The summed E-state index contributed by atoms with van der Waals surface area (Å²) in [5, 5.41) is 20.1. The zero-order valence-corrected chi connectivity index (χ0v) is 6.12. The number of hydrogen-bond acceptors (Lipinski definition) is 4. The van der Waals surface area contributed by atoms with Crippen LogP contribution in [0.25, 0.3) is 5.69 Å². The van der Waals surface area contributed by atoms with E-state index in [1.807, 2.05) is 0 Å². The molecule has 0 fully saturated rings. The molecule has 1 N–H and O–H groups in total. The van der Waals surface area contributed by atoms with E-state index in [4.69, 9.17) is 5.11 Å². The Kier molecular flexibility index (Phi) is 1.48. The number of benzene rings is 1. The van der Waals surface area contributed by atoms with Crippen LogP contribution in [0.3, 0.4) is 0 Å². The first-order valence-electron chi connectivity index (χ1n) is 3.38. The summed E-state index contributed by atoms with van der Waals surface area (Å²) in [6.07, 6.45) is 1.35. The SMILES string of the molecule is Oc1ccc(-n2ncnn2)cc1. The van der Waals surface area contributed by atoms with Gasteiger partial charge < -0.3 is 5.11 Å². The standard InChI is InChI=1S/C7H6N4O/c12-7-3-1-6(2-4-7)11-9-5-8-10-11/h1-5,12H. The fraction of sp³-hybridized carbons (Fsp3) is 0. The monoisotopic (exact) mass is 162 g/mol. The predicted molar refractivity (Wildman–Crippen MR) is 40.8 cm³/mol. The van der Waals surface area contributed by atoms with Crippen molar-refractivity contribution in [2.24, 2.45) is 0 Å². The highest BCUT2D eigenvalue weighted by atomic mass is 16.3. The van der Waals surface area contributed by atoms with E-state index in [2.05, 4.69) is 15.4 Å². The minimum absolute atomic E-state index is 0.221. The summed E-state index contributed by atoms with van der Waals surface area (Å²) in [4.78, 5) is 1.37. The van der Waals surface area contributed by atoms with Crippen LogP contribution in [0.1, 0.15) is 0 Å². The molecule has 12 heavy (non-hydrogen) atoms. The van der Waals surface area contributed by atoms with E-state index in [1.165, 1.54) is 11.1 Å². The Morgan fingerprint density at radius 1 is 1.17 bits per heavy atom. The van der Waals surface area contributed by atoms with Gasteiger partial charge in [-0.3, -0.25) is 0 Å². The summed E-state index contributed by atoms with van der Waals surface area (Å²) in [5.74, 6) is 0.221. The molecule has 2 aromatic rings. The van der Waals surface area contributed by atoms with Crippen LogP contribution in [0.4, 0.5) is 0 Å². The molecule has 1 aromatic carbocycles. The van der Waals surface area contributed by atoms with Crippen molar-refractivity contribution in [3.63, 3.8) is 0 Å². The van der Waals surface area contributed by atoms with Gasteiger partial charge >= 0.3 is 0 Å². The number of nitrogens with zero attached hydrogens (tertiary/aromatic N) is 4. The van der Waals surface area contributed by atoms with Crippen molar-refractivity contribution in [1.29, 1.82) is 0 Å². The van der Waals surface area contributed by atoms with Crippen molar-refractivity contribution < 1.29 is 5.11 Å². The molecular weight excluding hydrogens is 156 g/mol. The van der Waals surface area contributed by atoms with Crippen molar-refractivity contribution in [1.82, 2.24) is 20.2 Å². The zero-order valence-electron chi connectivity index (χ0n) is 6.12. The molecule has 0 aliphatic heterocycles. The van der Waals surface area contributed by atoms with Gasteiger partial charge in [0.15, 0.2) is 6.33 Å². The molecule has 60 valence electrons. The third-order valence-corrected chi connectivity index (χ3v) is 1.43. The summed E-state index contributed by atoms with van der Waals surface area (Å²) in [6, 6.07) is 6.55. The summed E-state index contributed by atoms with van der Waals surface area (Å²) in [5.41, 5.74) is 0.769. The van der Waals surface area contributed by atoms with Crippen molar-refractivity contribution in [3.05, 3.63) is 30.6 Å². The predicted octanol–water partition coefficient (Wildman–Crippen LogP) is 0.368. The van der Waals surface area contributed by atoms with E-state index >= 15 is 0 Å². The topological polar surface area (TPSA) is 63.8 Å². The Balaban J connectivity index is 2.43. The Morgan fingerprint density at radius 3 is 2.50 bits per heavy atom. The summed E-state index contributed by atoms with van der Waals surface area (Å²) < 4.78 is 0. The van der Waals surface area contributed by atoms with Crippen LogP contribution >= 0.6 is 0 Å². The third-order valence-electron chi connectivity index (χ3n) is 1.43. The molecule has 0 spiro atoms. The molecule has 0 aliphatic rings. The lowest BCUT2D eigenvalue weighted by Gasteiger charge is -1.96. The lowest BCUT2D eigenvalue weighted by atomic mass is 10.3. The first-order chi connectivity index (χ1) is 5.86. The molecule has 0 unspecified atom stereocenters. The minimum atomic E-state index is 0.221. The largest absolute Gasteiger partial charge is 0.508 e. The van der Waals surface area contributed by atoms with Crippen LogP contribution in [-0.4, -0.2) is 25.3 Å². The lowest BCUT2D eigenvalue weighted by Crippen LogP contribution is -1.97. The number of aromatic nitrogens is 4. The van der Waals surface area contributed by atoms with Crippen molar-refractivity contribution >= 4 is 0 Å². The molecule has 2 rings (SSSR count). The van der Waals surface area contributed by atoms with Crippen LogP contribution in [-0.2, 0) is 0 Å². The third kappa shape index (κ3) is 1.12. The molecule has 1 aromatic heterocycles. The number of phenols is 1. The molecule has 0 saturated heterocycles. The van der Waals surface area contributed by atoms with Gasteiger partial charge in [-0.1, -0.05) is 0 Å². The van der Waals surface area contributed by atoms with Crippen LogP contribution in [0.5, 0.6) is 5.75 Å². The van der Waals surface area contributed by atoms with E-state index in [0.717, 1.165) is 5.69 Å². The van der Waals surface area contributed by atoms with Gasteiger partial charge in [0.1, 0.15) is 5.75 Å². The summed E-state index contributed by atoms with van der Waals surface area (Å²) in [6.45, 7) is 0. The number of aromatic hydroxyl groups is 1. The van der Waals surface area contributed by atoms with Crippen molar-refractivity contribution in [2.75, 3.05) is 0 Å². The zero-order chi connectivity index (χ0) is 8.39. The second-order valence-electron chi connectivity index (χ2n) is 2.24. The quantitative estimate of drug-likeness (QED) is 0.657. The molecule has 0 amide bonds. The molecule has 0 radical (unpaired) electrons. The Hall–Kier alpha value is -1.91. The molecule has 0 aliphatic carbocycles. The molecule has 5 heteroatoms. The lowest BCUT2D eigenvalue weighted by molar-refractivity contribution is 0.475. The normalized spacial score (nSPS) is 10.0. The highest BCUT2D eigenvalue weighted by Crippen LogP contribution is 2.10. The molecule has 0 saturated carbocycles. The molecule has 0 bridgehead atoms. The maximum atomic E-state index is 8.99. The van der Waals surface area contributed by atoms with E-state index in [-0.39, 0.29) is 5.75 Å². The van der Waals surface area contributed by atoms with E-state index in [9.17, 15) is 0 Å². The van der Waals surface area contributed by atoms with Gasteiger partial charge in [0.05, 0.1) is 5.69 Å². The van der Waals surface area contributed by atoms with Gasteiger partial charge in [-0.05, 0) is 29.5 Å². The van der Waals surface area contributed by atoms with E-state index < -0.39 is 0 Å². The van der Waals surface area contributed by atoms with Crippen LogP contribution in [0.15, 0.2) is 30.6 Å². The van der Waals surface area contributed by atoms with Gasteiger partial charge in [0, 0.05) is 0 Å². The summed E-state index contributed by atoms with van der Waals surface area (Å²) in [7, 11) is 0. The number of hydrogen-bond donors (Lipinski definition) is 1. The van der Waals surface area contributed by atoms with Gasteiger partial charge in [0.2, 0.25) is 0 Å². The average Bonchev–Trinajstić information content (AvgIpc) is 2.58. The highest BCUT2D eigenvalue weighted by Gasteiger charge is 1.96. The summed E-state index contributed by atoms with van der Waals surface area (Å²) >= 11 is 0. The Morgan fingerprint density at radius 2 is 1.92 bits per heavy atom. The second-order valence-corrected chi connectivity index (χ2v) is 2.24. The average molecular weight is 162 g/mol. The Labute approximate surface area is 68.3 Å². The van der Waals surface area contributed by atoms with Gasteiger partial charge in [-0.15, -0.1) is 15.0 Å². The number of phenolic OH excluding ortho intramolecular Hbond substituents is 1. The van der Waals surface area contributed by atoms with Gasteiger partial charge in [-0.2, -0.15) is 0 Å². The van der Waals surface area contributed by atoms with Crippen LogP contribution in [0.2, 0.25) is 0 Å². The van der Waals surface area contributed by atoms with Gasteiger partial charge in [-0.25, -0.2) is 0 Å². The number of rotatable bonds is 1. The second kappa shape index (κ2) is 2.61. The van der Waals surface area contributed by atoms with E-state index in [0.29, 0.717) is 0 Å². The Bertz CT molecular complexity index is 353. The van der Waals surface area contributed by atoms with Crippen LogP contribution < -0.4 is 0 Å². The smallest absolute Gasteiger partial charge is 0.162 e. The maximum absolute atomic E-state index is 8.99. The molecule has 5 nitrogen and oxygen atoms in total. The van der Waals surface area contributed by atoms with Crippen LogP contribution in [0, 0.1) is 0 Å². The molecule has 1 heterocycles. The van der Waals surface area contributed by atoms with Gasteiger partial charge in [0.25, 0.3) is 0 Å². The minimum Gasteiger partial charge on any atom is -0.508 e. The van der Waals surface area contributed by atoms with Crippen molar-refractivity contribution in [2.45, 2.75) is 0 Å². The molecule has 0 atom stereocenters. The fourth-order valence-electron chi connectivity index (χ4n) is 0.871. The highest BCUT2D eigenvalue weighted by molar-refractivity contribution is 5.34. The first kappa shape index (κ1) is 6.78.